The largest absolute Gasteiger partial charge is 0.495 e. The number of hydrogen-bond acceptors (Lipinski definition) is 5. The molecule has 1 saturated heterocycles. The topological polar surface area (TPSA) is 82.8 Å². The van der Waals surface area contributed by atoms with Crippen LogP contribution in [0.2, 0.25) is 0 Å². The van der Waals surface area contributed by atoms with Crippen LogP contribution in [0.15, 0.2) is 24.3 Å². The van der Waals surface area contributed by atoms with E-state index in [4.69, 9.17) is 19.9 Å². The van der Waals surface area contributed by atoms with E-state index in [1.165, 1.54) is 0 Å². The Morgan fingerprint density at radius 2 is 2.10 bits per heavy atom. The summed E-state index contributed by atoms with van der Waals surface area (Å²) < 4.78 is 16.3. The van der Waals surface area contributed by atoms with Crippen molar-refractivity contribution < 1.29 is 19.0 Å². The minimum atomic E-state index is -0.448. The van der Waals surface area contributed by atoms with Crippen molar-refractivity contribution in [1.82, 2.24) is 0 Å². The molecule has 1 fully saturated rings. The summed E-state index contributed by atoms with van der Waals surface area (Å²) in [5.41, 5.74) is 5.97. The standard InChI is InChI=1S/C15H22N2O4/c1-19-13-5-3-2-4-12(13)17-14(18)10-21-15(11-16)6-8-20-9-7-15/h2-5H,6-11,16H2,1H3,(H,17,18). The molecule has 1 aliphatic heterocycles. The van der Waals surface area contributed by atoms with Crippen LogP contribution in [0, 0.1) is 0 Å². The molecule has 0 bridgehead atoms. The summed E-state index contributed by atoms with van der Waals surface area (Å²) in [4.78, 5) is 12.0. The van der Waals surface area contributed by atoms with Crippen LogP contribution in [0.3, 0.4) is 0 Å². The Morgan fingerprint density at radius 1 is 1.38 bits per heavy atom. The fourth-order valence-electron chi connectivity index (χ4n) is 2.30. The lowest BCUT2D eigenvalue weighted by Gasteiger charge is -2.35. The van der Waals surface area contributed by atoms with E-state index < -0.39 is 5.60 Å². The molecule has 1 amide bonds. The zero-order valence-corrected chi connectivity index (χ0v) is 12.3. The maximum absolute atomic E-state index is 12.0. The number of nitrogens with two attached hydrogens (primary N) is 1. The molecular weight excluding hydrogens is 272 g/mol. The molecular formula is C15H22N2O4. The number of hydrogen-bond donors (Lipinski definition) is 2. The van der Waals surface area contributed by atoms with Crippen molar-refractivity contribution in [2.75, 3.05) is 38.8 Å². The average Bonchev–Trinajstić information content (AvgIpc) is 2.54. The van der Waals surface area contributed by atoms with Gasteiger partial charge in [0, 0.05) is 32.6 Å². The van der Waals surface area contributed by atoms with Crippen LogP contribution in [0.25, 0.3) is 0 Å². The van der Waals surface area contributed by atoms with Crippen LogP contribution in [0.4, 0.5) is 5.69 Å². The summed E-state index contributed by atoms with van der Waals surface area (Å²) in [5.74, 6) is 0.393. The van der Waals surface area contributed by atoms with Crippen molar-refractivity contribution in [3.05, 3.63) is 24.3 Å². The normalized spacial score (nSPS) is 17.2. The first-order valence-corrected chi connectivity index (χ1v) is 7.04. The first-order valence-electron chi connectivity index (χ1n) is 7.04. The van der Waals surface area contributed by atoms with E-state index >= 15 is 0 Å². The number of carbonyl (C=O) groups excluding carboxylic acids is 1. The van der Waals surface area contributed by atoms with E-state index in [0.717, 1.165) is 0 Å². The van der Waals surface area contributed by atoms with E-state index in [-0.39, 0.29) is 12.5 Å². The Hall–Kier alpha value is -1.63. The number of rotatable bonds is 6. The highest BCUT2D eigenvalue weighted by atomic mass is 16.5. The van der Waals surface area contributed by atoms with Crippen LogP contribution >= 0.6 is 0 Å². The Balaban J connectivity index is 1.89. The second-order valence-corrected chi connectivity index (χ2v) is 5.04. The molecule has 6 nitrogen and oxygen atoms in total. The zero-order chi connectivity index (χ0) is 15.1. The van der Waals surface area contributed by atoms with Crippen molar-refractivity contribution in [2.45, 2.75) is 18.4 Å². The molecule has 0 aliphatic carbocycles. The molecule has 1 aromatic carbocycles. The van der Waals surface area contributed by atoms with Crippen molar-refractivity contribution in [1.29, 1.82) is 0 Å². The Kier molecular flexibility index (Phi) is 5.55. The van der Waals surface area contributed by atoms with Crippen molar-refractivity contribution in [3.63, 3.8) is 0 Å². The Bertz CT molecular complexity index is 472. The zero-order valence-electron chi connectivity index (χ0n) is 12.3. The van der Waals surface area contributed by atoms with Gasteiger partial charge in [-0.05, 0) is 12.1 Å². The number of carbonyl (C=O) groups is 1. The summed E-state index contributed by atoms with van der Waals surface area (Å²) in [6.45, 7) is 1.59. The van der Waals surface area contributed by atoms with Gasteiger partial charge in [-0.15, -0.1) is 0 Å². The molecule has 2 rings (SSSR count). The number of benzene rings is 1. The fourth-order valence-corrected chi connectivity index (χ4v) is 2.30. The number of para-hydroxylation sites is 2. The monoisotopic (exact) mass is 294 g/mol. The number of nitrogens with one attached hydrogen (secondary N) is 1. The van der Waals surface area contributed by atoms with Crippen LogP contribution in [0.5, 0.6) is 5.75 Å². The maximum atomic E-state index is 12.0. The number of anilines is 1. The molecule has 1 heterocycles. The van der Waals surface area contributed by atoms with E-state index in [2.05, 4.69) is 5.32 Å². The highest BCUT2D eigenvalue weighted by Gasteiger charge is 2.32. The molecule has 0 aromatic heterocycles. The minimum Gasteiger partial charge on any atom is -0.495 e. The summed E-state index contributed by atoms with van der Waals surface area (Å²) in [7, 11) is 1.56. The highest BCUT2D eigenvalue weighted by molar-refractivity contribution is 5.93. The summed E-state index contributed by atoms with van der Waals surface area (Å²) in [6.07, 6.45) is 1.43. The average molecular weight is 294 g/mol. The van der Waals surface area contributed by atoms with Gasteiger partial charge in [0.2, 0.25) is 0 Å². The summed E-state index contributed by atoms with van der Waals surface area (Å²) >= 11 is 0. The quantitative estimate of drug-likeness (QED) is 0.822. The molecule has 3 N–H and O–H groups in total. The van der Waals surface area contributed by atoms with Crippen LogP contribution in [-0.4, -0.2) is 45.0 Å². The molecule has 0 spiro atoms. The lowest BCUT2D eigenvalue weighted by molar-refractivity contribution is -0.137. The third kappa shape index (κ3) is 4.17. The first-order chi connectivity index (χ1) is 10.2. The molecule has 116 valence electrons. The molecule has 1 aromatic rings. The first kappa shape index (κ1) is 15.8. The number of methoxy groups -OCH3 is 1. The molecule has 1 aliphatic rings. The predicted octanol–water partition coefficient (Wildman–Crippen LogP) is 1.16. The molecule has 21 heavy (non-hydrogen) atoms. The van der Waals surface area contributed by atoms with Crippen LogP contribution in [-0.2, 0) is 14.3 Å². The molecule has 0 unspecified atom stereocenters. The third-order valence-corrected chi connectivity index (χ3v) is 3.67. The lowest BCUT2D eigenvalue weighted by Crippen LogP contribution is -2.46. The van der Waals surface area contributed by atoms with E-state index in [0.29, 0.717) is 44.0 Å². The van der Waals surface area contributed by atoms with Crippen molar-refractivity contribution in [3.8, 4) is 5.75 Å². The third-order valence-electron chi connectivity index (χ3n) is 3.67. The SMILES string of the molecule is COc1ccccc1NC(=O)COC1(CN)CCOCC1. The molecule has 0 radical (unpaired) electrons. The van der Waals surface area contributed by atoms with E-state index in [1.54, 1.807) is 19.2 Å². The highest BCUT2D eigenvalue weighted by Crippen LogP contribution is 2.25. The van der Waals surface area contributed by atoms with Gasteiger partial charge in [-0.25, -0.2) is 0 Å². The van der Waals surface area contributed by atoms with E-state index in [1.807, 2.05) is 12.1 Å². The number of amides is 1. The molecule has 6 heteroatoms. The van der Waals surface area contributed by atoms with Crippen LogP contribution in [0.1, 0.15) is 12.8 Å². The fraction of sp³-hybridized carbons (Fsp3) is 0.533. The van der Waals surface area contributed by atoms with Crippen LogP contribution < -0.4 is 15.8 Å². The van der Waals surface area contributed by atoms with Gasteiger partial charge in [0.25, 0.3) is 5.91 Å². The van der Waals surface area contributed by atoms with Gasteiger partial charge in [-0.2, -0.15) is 0 Å². The Labute approximate surface area is 124 Å². The van der Waals surface area contributed by atoms with Crippen molar-refractivity contribution >= 4 is 11.6 Å². The van der Waals surface area contributed by atoms with Crippen molar-refractivity contribution in [2.24, 2.45) is 5.73 Å². The summed E-state index contributed by atoms with van der Waals surface area (Å²) in [6, 6.07) is 7.25. The van der Waals surface area contributed by atoms with Gasteiger partial charge in [-0.3, -0.25) is 4.79 Å². The van der Waals surface area contributed by atoms with E-state index in [9.17, 15) is 4.79 Å². The van der Waals surface area contributed by atoms with Gasteiger partial charge in [0.15, 0.2) is 0 Å². The summed E-state index contributed by atoms with van der Waals surface area (Å²) in [5, 5.41) is 2.78. The maximum Gasteiger partial charge on any atom is 0.250 e. The van der Waals surface area contributed by atoms with Gasteiger partial charge >= 0.3 is 0 Å². The smallest absolute Gasteiger partial charge is 0.250 e. The lowest BCUT2D eigenvalue weighted by atomic mass is 9.94. The Morgan fingerprint density at radius 3 is 2.76 bits per heavy atom. The molecule has 0 atom stereocenters. The number of ether oxygens (including phenoxy) is 3. The van der Waals surface area contributed by atoms with Gasteiger partial charge in [0.05, 0.1) is 18.4 Å². The second kappa shape index (κ2) is 7.40. The predicted molar refractivity (Wildman–Crippen MR) is 79.4 cm³/mol. The molecule has 0 saturated carbocycles. The van der Waals surface area contributed by atoms with Gasteiger partial charge in [0.1, 0.15) is 12.4 Å². The van der Waals surface area contributed by atoms with Gasteiger partial charge < -0.3 is 25.3 Å². The second-order valence-electron chi connectivity index (χ2n) is 5.04. The van der Waals surface area contributed by atoms with Gasteiger partial charge in [-0.1, -0.05) is 12.1 Å². The minimum absolute atomic E-state index is 0.0325.